The molecular formula is C14H20N2O3. The fraction of sp³-hybridized carbons (Fsp3) is 0.429. The molecule has 0 saturated heterocycles. The second kappa shape index (κ2) is 7.53. The van der Waals surface area contributed by atoms with Gasteiger partial charge in [-0.25, -0.2) is 0 Å². The summed E-state index contributed by atoms with van der Waals surface area (Å²) in [5.41, 5.74) is 1.15. The lowest BCUT2D eigenvalue weighted by Gasteiger charge is -2.11. The lowest BCUT2D eigenvalue weighted by atomic mass is 10.1. The van der Waals surface area contributed by atoms with Crippen LogP contribution in [-0.2, 0) is 4.79 Å². The first-order valence-corrected chi connectivity index (χ1v) is 6.36. The summed E-state index contributed by atoms with van der Waals surface area (Å²) in [5.74, 6) is -0.385. The Morgan fingerprint density at radius 3 is 2.42 bits per heavy atom. The second-order valence-electron chi connectivity index (χ2n) is 4.41. The number of carbonyl (C=O) groups excluding carboxylic acids is 2. The first-order chi connectivity index (χ1) is 9.02. The summed E-state index contributed by atoms with van der Waals surface area (Å²) in [5, 5.41) is 14.8. The molecule has 19 heavy (non-hydrogen) atoms. The third-order valence-corrected chi connectivity index (χ3v) is 2.59. The zero-order valence-corrected chi connectivity index (χ0v) is 11.3. The molecule has 5 heteroatoms. The number of benzene rings is 1. The van der Waals surface area contributed by atoms with Crippen LogP contribution in [0.1, 0.15) is 37.0 Å². The molecule has 1 atom stereocenters. The molecule has 0 saturated carbocycles. The Bertz CT molecular complexity index is 429. The highest BCUT2D eigenvalue weighted by atomic mass is 16.3. The predicted molar refractivity (Wildman–Crippen MR) is 74.0 cm³/mol. The molecule has 0 heterocycles. The number of nitrogens with one attached hydrogen (secondary N) is 2. The van der Waals surface area contributed by atoms with Crippen LogP contribution < -0.4 is 10.6 Å². The molecule has 3 N–H and O–H groups in total. The van der Waals surface area contributed by atoms with Crippen LogP contribution in [0.3, 0.4) is 0 Å². The van der Waals surface area contributed by atoms with Crippen molar-refractivity contribution in [1.82, 2.24) is 5.32 Å². The number of hydrogen-bond donors (Lipinski definition) is 3. The highest BCUT2D eigenvalue weighted by Gasteiger charge is 2.08. The third kappa shape index (κ3) is 5.52. The van der Waals surface area contributed by atoms with Crippen LogP contribution in [0.15, 0.2) is 24.3 Å². The molecule has 0 fully saturated rings. The highest BCUT2D eigenvalue weighted by molar-refractivity contribution is 5.95. The Morgan fingerprint density at radius 1 is 1.26 bits per heavy atom. The van der Waals surface area contributed by atoms with Gasteiger partial charge in [0.2, 0.25) is 5.91 Å². The van der Waals surface area contributed by atoms with Gasteiger partial charge in [0.1, 0.15) is 0 Å². The monoisotopic (exact) mass is 264 g/mol. The summed E-state index contributed by atoms with van der Waals surface area (Å²) in [6.45, 7) is 3.65. The van der Waals surface area contributed by atoms with E-state index in [9.17, 15) is 14.7 Å². The zero-order chi connectivity index (χ0) is 14.3. The maximum absolute atomic E-state index is 11.8. The molecule has 1 aromatic rings. The van der Waals surface area contributed by atoms with Crippen LogP contribution in [0.4, 0.5) is 5.69 Å². The van der Waals surface area contributed by atoms with Crippen LogP contribution in [-0.4, -0.2) is 29.6 Å². The van der Waals surface area contributed by atoms with Crippen molar-refractivity contribution in [3.63, 3.8) is 0 Å². The average molecular weight is 264 g/mol. The molecule has 0 aliphatic heterocycles. The number of aliphatic hydroxyl groups excluding tert-OH is 1. The van der Waals surface area contributed by atoms with Crippen molar-refractivity contribution in [1.29, 1.82) is 0 Å². The van der Waals surface area contributed by atoms with Gasteiger partial charge in [-0.1, -0.05) is 13.3 Å². The standard InChI is InChI=1S/C14H20N2O3/c1-3-4-13(18)9-15-14(19)11-5-7-12(8-6-11)16-10(2)17/h5-8,13,18H,3-4,9H2,1-2H3,(H,15,19)(H,16,17). The summed E-state index contributed by atoms with van der Waals surface area (Å²) in [6.07, 6.45) is 1.04. The van der Waals surface area contributed by atoms with Gasteiger partial charge in [0.15, 0.2) is 0 Å². The molecule has 2 amide bonds. The Morgan fingerprint density at radius 2 is 1.89 bits per heavy atom. The minimum absolute atomic E-state index is 0.153. The molecule has 1 unspecified atom stereocenters. The largest absolute Gasteiger partial charge is 0.391 e. The van der Waals surface area contributed by atoms with E-state index in [1.54, 1.807) is 24.3 Å². The van der Waals surface area contributed by atoms with Crippen molar-refractivity contribution in [2.24, 2.45) is 0 Å². The number of anilines is 1. The molecular weight excluding hydrogens is 244 g/mol. The summed E-state index contributed by atoms with van der Waals surface area (Å²) < 4.78 is 0. The summed E-state index contributed by atoms with van der Waals surface area (Å²) in [4.78, 5) is 22.6. The number of amides is 2. The van der Waals surface area contributed by atoms with Crippen molar-refractivity contribution in [3.8, 4) is 0 Å². The van der Waals surface area contributed by atoms with E-state index < -0.39 is 6.10 Å². The van der Waals surface area contributed by atoms with Crippen molar-refractivity contribution in [2.45, 2.75) is 32.8 Å². The van der Waals surface area contributed by atoms with E-state index >= 15 is 0 Å². The van der Waals surface area contributed by atoms with Crippen molar-refractivity contribution in [3.05, 3.63) is 29.8 Å². The van der Waals surface area contributed by atoms with Gasteiger partial charge in [0.05, 0.1) is 6.10 Å². The van der Waals surface area contributed by atoms with Crippen molar-refractivity contribution in [2.75, 3.05) is 11.9 Å². The quantitative estimate of drug-likeness (QED) is 0.729. The number of aliphatic hydroxyl groups is 1. The average Bonchev–Trinajstić information content (AvgIpc) is 2.36. The molecule has 0 radical (unpaired) electrons. The minimum Gasteiger partial charge on any atom is -0.391 e. The van der Waals surface area contributed by atoms with E-state index in [-0.39, 0.29) is 18.4 Å². The van der Waals surface area contributed by atoms with Gasteiger partial charge in [-0.15, -0.1) is 0 Å². The predicted octanol–water partition coefficient (Wildman–Crippen LogP) is 1.54. The number of rotatable bonds is 6. The first-order valence-electron chi connectivity index (χ1n) is 6.36. The van der Waals surface area contributed by atoms with E-state index in [0.717, 1.165) is 6.42 Å². The van der Waals surface area contributed by atoms with Crippen LogP contribution >= 0.6 is 0 Å². The van der Waals surface area contributed by atoms with Gasteiger partial charge >= 0.3 is 0 Å². The maximum atomic E-state index is 11.8. The molecule has 104 valence electrons. The topological polar surface area (TPSA) is 78.4 Å². The third-order valence-electron chi connectivity index (χ3n) is 2.59. The van der Waals surface area contributed by atoms with E-state index in [0.29, 0.717) is 17.7 Å². The second-order valence-corrected chi connectivity index (χ2v) is 4.41. The Hall–Kier alpha value is -1.88. The van der Waals surface area contributed by atoms with Gasteiger partial charge in [0.25, 0.3) is 5.91 Å². The zero-order valence-electron chi connectivity index (χ0n) is 11.3. The van der Waals surface area contributed by atoms with Crippen LogP contribution in [0, 0.1) is 0 Å². The molecule has 0 aromatic heterocycles. The highest BCUT2D eigenvalue weighted by Crippen LogP contribution is 2.09. The fourth-order valence-corrected chi connectivity index (χ4v) is 1.66. The molecule has 1 rings (SSSR count). The summed E-state index contributed by atoms with van der Waals surface area (Å²) >= 11 is 0. The molecule has 0 spiro atoms. The summed E-state index contributed by atoms with van der Waals surface area (Å²) in [6, 6.07) is 6.59. The van der Waals surface area contributed by atoms with Crippen molar-refractivity contribution >= 4 is 17.5 Å². The smallest absolute Gasteiger partial charge is 0.251 e. The Balaban J connectivity index is 2.51. The van der Waals surface area contributed by atoms with Crippen LogP contribution in [0.2, 0.25) is 0 Å². The maximum Gasteiger partial charge on any atom is 0.251 e. The first kappa shape index (κ1) is 15.2. The molecule has 0 aliphatic rings. The van der Waals surface area contributed by atoms with E-state index in [1.807, 2.05) is 6.92 Å². The lowest BCUT2D eigenvalue weighted by molar-refractivity contribution is -0.114. The molecule has 5 nitrogen and oxygen atoms in total. The molecule has 0 aliphatic carbocycles. The number of hydrogen-bond acceptors (Lipinski definition) is 3. The normalized spacial score (nSPS) is 11.7. The van der Waals surface area contributed by atoms with E-state index in [1.165, 1.54) is 6.92 Å². The minimum atomic E-state index is -0.507. The summed E-state index contributed by atoms with van der Waals surface area (Å²) in [7, 11) is 0. The van der Waals surface area contributed by atoms with Crippen LogP contribution in [0.5, 0.6) is 0 Å². The Labute approximate surface area is 113 Å². The van der Waals surface area contributed by atoms with Gasteiger partial charge < -0.3 is 15.7 Å². The van der Waals surface area contributed by atoms with Gasteiger partial charge in [-0.2, -0.15) is 0 Å². The van der Waals surface area contributed by atoms with E-state index in [4.69, 9.17) is 0 Å². The fourth-order valence-electron chi connectivity index (χ4n) is 1.66. The lowest BCUT2D eigenvalue weighted by Crippen LogP contribution is -2.31. The van der Waals surface area contributed by atoms with Gasteiger partial charge in [0, 0.05) is 24.7 Å². The van der Waals surface area contributed by atoms with Crippen LogP contribution in [0.25, 0.3) is 0 Å². The van der Waals surface area contributed by atoms with Gasteiger partial charge in [-0.3, -0.25) is 9.59 Å². The van der Waals surface area contributed by atoms with E-state index in [2.05, 4.69) is 10.6 Å². The van der Waals surface area contributed by atoms with Crippen molar-refractivity contribution < 1.29 is 14.7 Å². The Kier molecular flexibility index (Phi) is 6.02. The molecule has 0 bridgehead atoms. The van der Waals surface area contributed by atoms with Gasteiger partial charge in [-0.05, 0) is 30.7 Å². The SMILES string of the molecule is CCCC(O)CNC(=O)c1ccc(NC(C)=O)cc1. The molecule has 1 aromatic carbocycles. The number of carbonyl (C=O) groups is 2.